The van der Waals surface area contributed by atoms with E-state index in [-0.39, 0.29) is 22.6 Å². The number of para-hydroxylation sites is 1. The lowest BCUT2D eigenvalue weighted by atomic mass is 10.0. The molecule has 0 fully saturated rings. The number of rotatable bonds is 8. The van der Waals surface area contributed by atoms with Gasteiger partial charge in [-0.05, 0) is 73.5 Å². The Hall–Kier alpha value is -5.09. The molecule has 0 amide bonds. The summed E-state index contributed by atoms with van der Waals surface area (Å²) in [6.45, 7) is 4.53. The van der Waals surface area contributed by atoms with Crippen molar-refractivity contribution in [1.29, 1.82) is 0 Å². The van der Waals surface area contributed by atoms with Gasteiger partial charge in [0.25, 0.3) is 11.1 Å². The standard InChI is InChI=1S/C32H27N5O4S/c1-4-41-25-14-15-26(20(2)16-25)29-22(19-36(35-29)23-8-6-5-7-9-23)18-28-31(39)37-32(42-28)33-30(38)27(34-37)17-21-10-12-24(40-3)13-11-21/h5-16,18-19H,4,17H2,1-3H3. The molecule has 0 spiro atoms. The molecule has 0 atom stereocenters. The summed E-state index contributed by atoms with van der Waals surface area (Å²) >= 11 is 1.12. The van der Waals surface area contributed by atoms with E-state index in [2.05, 4.69) is 10.1 Å². The molecule has 3 heterocycles. The maximum absolute atomic E-state index is 13.5. The number of hydrogen-bond donors (Lipinski definition) is 0. The fraction of sp³-hybridized carbons (Fsp3) is 0.156. The number of ether oxygens (including phenoxy) is 2. The van der Waals surface area contributed by atoms with Crippen molar-refractivity contribution in [1.82, 2.24) is 24.4 Å². The molecule has 3 aromatic heterocycles. The van der Waals surface area contributed by atoms with Gasteiger partial charge in [0, 0.05) is 23.7 Å². The monoisotopic (exact) mass is 577 g/mol. The number of fused-ring (bicyclic) bond motifs is 1. The van der Waals surface area contributed by atoms with Crippen LogP contribution >= 0.6 is 11.3 Å². The molecule has 3 aromatic carbocycles. The average molecular weight is 578 g/mol. The van der Waals surface area contributed by atoms with Gasteiger partial charge in [-0.2, -0.15) is 19.7 Å². The molecule has 0 aliphatic carbocycles. The van der Waals surface area contributed by atoms with Crippen LogP contribution in [0.1, 0.15) is 29.3 Å². The summed E-state index contributed by atoms with van der Waals surface area (Å²) in [5, 5.41) is 9.31. The van der Waals surface area contributed by atoms with Gasteiger partial charge in [0.2, 0.25) is 4.96 Å². The third kappa shape index (κ3) is 5.31. The van der Waals surface area contributed by atoms with Crippen LogP contribution in [0.15, 0.2) is 88.6 Å². The minimum absolute atomic E-state index is 0.196. The third-order valence-electron chi connectivity index (χ3n) is 6.79. The molecule has 0 aliphatic rings. The number of thiazole rings is 1. The van der Waals surface area contributed by atoms with Crippen molar-refractivity contribution in [3.63, 3.8) is 0 Å². The first-order valence-corrected chi connectivity index (χ1v) is 14.2. The second kappa shape index (κ2) is 11.4. The molecular weight excluding hydrogens is 550 g/mol. The first-order valence-electron chi connectivity index (χ1n) is 13.4. The zero-order chi connectivity index (χ0) is 29.2. The predicted molar refractivity (Wildman–Crippen MR) is 163 cm³/mol. The van der Waals surface area contributed by atoms with E-state index in [4.69, 9.17) is 14.6 Å². The average Bonchev–Trinajstić information content (AvgIpc) is 3.55. The highest BCUT2D eigenvalue weighted by molar-refractivity contribution is 7.15. The molecule has 10 heteroatoms. The van der Waals surface area contributed by atoms with Crippen LogP contribution in [0, 0.1) is 6.92 Å². The van der Waals surface area contributed by atoms with Crippen molar-refractivity contribution in [3.05, 3.63) is 127 Å². The zero-order valence-electron chi connectivity index (χ0n) is 23.3. The maximum atomic E-state index is 13.5. The van der Waals surface area contributed by atoms with E-state index in [9.17, 15) is 9.59 Å². The highest BCUT2D eigenvalue weighted by atomic mass is 32.1. The first-order chi connectivity index (χ1) is 20.4. The van der Waals surface area contributed by atoms with Gasteiger partial charge in [0.15, 0.2) is 0 Å². The SMILES string of the molecule is CCOc1ccc(-c2nn(-c3ccccc3)cc2C=c2sc3nc(=O)c(Cc4ccc(OC)cc4)nn3c2=O)c(C)c1. The number of hydrogen-bond acceptors (Lipinski definition) is 8. The van der Waals surface area contributed by atoms with E-state index >= 15 is 0 Å². The lowest BCUT2D eigenvalue weighted by molar-refractivity contribution is 0.340. The Labute approximate surface area is 244 Å². The molecule has 9 nitrogen and oxygen atoms in total. The second-order valence-electron chi connectivity index (χ2n) is 9.62. The lowest BCUT2D eigenvalue weighted by Crippen LogP contribution is -2.28. The zero-order valence-corrected chi connectivity index (χ0v) is 24.1. The number of nitrogens with zero attached hydrogens (tertiary/aromatic N) is 5. The van der Waals surface area contributed by atoms with Crippen LogP contribution < -0.4 is 25.1 Å². The largest absolute Gasteiger partial charge is 0.497 e. The van der Waals surface area contributed by atoms with Crippen LogP contribution in [0.2, 0.25) is 0 Å². The van der Waals surface area contributed by atoms with Crippen molar-refractivity contribution in [2.75, 3.05) is 13.7 Å². The van der Waals surface area contributed by atoms with E-state index in [0.29, 0.717) is 22.6 Å². The van der Waals surface area contributed by atoms with Crippen LogP contribution in [0.4, 0.5) is 0 Å². The molecule has 0 radical (unpaired) electrons. The van der Waals surface area contributed by atoms with Crippen LogP contribution in [0.3, 0.4) is 0 Å². The summed E-state index contributed by atoms with van der Waals surface area (Å²) in [6, 6.07) is 23.0. The fourth-order valence-corrected chi connectivity index (χ4v) is 5.60. The molecule has 0 aliphatic heterocycles. The lowest BCUT2D eigenvalue weighted by Gasteiger charge is -2.08. The minimum Gasteiger partial charge on any atom is -0.497 e. The van der Waals surface area contributed by atoms with Gasteiger partial charge >= 0.3 is 0 Å². The molecule has 0 saturated heterocycles. The van der Waals surface area contributed by atoms with Crippen molar-refractivity contribution in [2.24, 2.45) is 0 Å². The quantitative estimate of drug-likeness (QED) is 0.267. The normalized spacial score (nSPS) is 11.7. The van der Waals surface area contributed by atoms with E-state index < -0.39 is 5.56 Å². The summed E-state index contributed by atoms with van der Waals surface area (Å²) in [4.78, 5) is 30.8. The van der Waals surface area contributed by atoms with Crippen LogP contribution in [0.5, 0.6) is 11.5 Å². The number of aryl methyl sites for hydroxylation is 1. The smallest absolute Gasteiger partial charge is 0.296 e. The van der Waals surface area contributed by atoms with Gasteiger partial charge in [0.1, 0.15) is 22.9 Å². The van der Waals surface area contributed by atoms with Crippen molar-refractivity contribution >= 4 is 22.4 Å². The topological polar surface area (TPSA) is 101 Å². The fourth-order valence-electron chi connectivity index (χ4n) is 4.70. The number of aromatic nitrogens is 5. The molecule has 0 bridgehead atoms. The third-order valence-corrected chi connectivity index (χ3v) is 7.75. The van der Waals surface area contributed by atoms with Crippen molar-refractivity contribution < 1.29 is 9.47 Å². The number of methoxy groups -OCH3 is 1. The summed E-state index contributed by atoms with van der Waals surface area (Å²) in [5.41, 5.74) is 4.51. The Morgan fingerprint density at radius 3 is 2.43 bits per heavy atom. The van der Waals surface area contributed by atoms with Crippen molar-refractivity contribution in [3.8, 4) is 28.4 Å². The predicted octanol–water partition coefficient (Wildman–Crippen LogP) is 4.22. The van der Waals surface area contributed by atoms with Gasteiger partial charge < -0.3 is 9.47 Å². The van der Waals surface area contributed by atoms with E-state index in [1.807, 2.05) is 92.8 Å². The van der Waals surface area contributed by atoms with Crippen LogP contribution in [-0.2, 0) is 6.42 Å². The molecule has 210 valence electrons. The minimum atomic E-state index is -0.457. The highest BCUT2D eigenvalue weighted by Crippen LogP contribution is 2.30. The first kappa shape index (κ1) is 27.1. The van der Waals surface area contributed by atoms with Crippen LogP contribution in [0.25, 0.3) is 28.0 Å². The van der Waals surface area contributed by atoms with E-state index in [0.717, 1.165) is 45.0 Å². The molecule has 42 heavy (non-hydrogen) atoms. The summed E-state index contributed by atoms with van der Waals surface area (Å²) in [6.07, 6.45) is 3.93. The van der Waals surface area contributed by atoms with Gasteiger partial charge in [-0.15, -0.1) is 0 Å². The summed E-state index contributed by atoms with van der Waals surface area (Å²) < 4.78 is 14.3. The van der Waals surface area contributed by atoms with Gasteiger partial charge in [-0.25, -0.2) is 4.68 Å². The summed E-state index contributed by atoms with van der Waals surface area (Å²) in [7, 11) is 1.59. The Morgan fingerprint density at radius 2 is 1.71 bits per heavy atom. The Kier molecular flexibility index (Phi) is 7.37. The molecule has 0 unspecified atom stereocenters. The Balaban J connectivity index is 1.46. The molecule has 6 aromatic rings. The second-order valence-corrected chi connectivity index (χ2v) is 10.6. The molecule has 6 rings (SSSR count). The van der Waals surface area contributed by atoms with Crippen molar-refractivity contribution in [2.45, 2.75) is 20.3 Å². The maximum Gasteiger partial charge on any atom is 0.296 e. The van der Waals surface area contributed by atoms with Crippen LogP contribution in [-0.4, -0.2) is 38.1 Å². The van der Waals surface area contributed by atoms with Gasteiger partial charge in [-0.1, -0.05) is 41.7 Å². The highest BCUT2D eigenvalue weighted by Gasteiger charge is 2.16. The Bertz CT molecular complexity index is 2070. The molecule has 0 saturated carbocycles. The van der Waals surface area contributed by atoms with E-state index in [1.165, 1.54) is 4.52 Å². The summed E-state index contributed by atoms with van der Waals surface area (Å²) in [5.74, 6) is 1.50. The van der Waals surface area contributed by atoms with Gasteiger partial charge in [0.05, 0.1) is 23.9 Å². The van der Waals surface area contributed by atoms with E-state index in [1.54, 1.807) is 17.9 Å². The molecule has 0 N–H and O–H groups in total. The Morgan fingerprint density at radius 1 is 0.952 bits per heavy atom. The number of benzene rings is 3. The molecular formula is C32H27N5O4S. The van der Waals surface area contributed by atoms with Gasteiger partial charge in [-0.3, -0.25) is 9.59 Å².